The third-order valence-corrected chi connectivity index (χ3v) is 6.03. The van der Waals surface area contributed by atoms with Gasteiger partial charge in [-0.1, -0.05) is 11.6 Å². The van der Waals surface area contributed by atoms with Gasteiger partial charge in [0, 0.05) is 48.2 Å². The van der Waals surface area contributed by atoms with Crippen molar-refractivity contribution in [3.8, 4) is 5.75 Å². The number of hydrogen-bond acceptors (Lipinski definition) is 4. The lowest BCUT2D eigenvalue weighted by Gasteiger charge is -2.32. The quantitative estimate of drug-likeness (QED) is 0.707. The Labute approximate surface area is 187 Å². The Morgan fingerprint density at radius 3 is 2.19 bits per heavy atom. The van der Waals surface area contributed by atoms with E-state index in [4.69, 9.17) is 21.1 Å². The molecule has 2 aromatic carbocycles. The third kappa shape index (κ3) is 5.57. The van der Waals surface area contributed by atoms with Crippen LogP contribution in [0.4, 0.5) is 0 Å². The summed E-state index contributed by atoms with van der Waals surface area (Å²) in [6, 6.07) is 14.3. The van der Waals surface area contributed by atoms with E-state index < -0.39 is 0 Å². The van der Waals surface area contributed by atoms with E-state index in [2.05, 4.69) is 0 Å². The summed E-state index contributed by atoms with van der Waals surface area (Å²) >= 11 is 5.92. The van der Waals surface area contributed by atoms with Gasteiger partial charge in [0.2, 0.25) is 0 Å². The number of carbonyl (C=O) groups is 2. The van der Waals surface area contributed by atoms with Crippen LogP contribution in [0.25, 0.3) is 0 Å². The van der Waals surface area contributed by atoms with Gasteiger partial charge in [-0.25, -0.2) is 0 Å². The fourth-order valence-electron chi connectivity index (χ4n) is 4.02. The van der Waals surface area contributed by atoms with Crippen molar-refractivity contribution in [2.24, 2.45) is 5.92 Å². The molecule has 2 fully saturated rings. The summed E-state index contributed by atoms with van der Waals surface area (Å²) in [6.07, 6.45) is 1.98. The molecule has 2 aromatic rings. The molecular weight excluding hydrogens is 416 g/mol. The minimum atomic E-state index is 0.0264. The number of hydrogen-bond donors (Lipinski definition) is 0. The van der Waals surface area contributed by atoms with Gasteiger partial charge in [-0.15, -0.1) is 0 Å². The van der Waals surface area contributed by atoms with Gasteiger partial charge in [-0.2, -0.15) is 0 Å². The summed E-state index contributed by atoms with van der Waals surface area (Å²) in [6.45, 7) is 4.41. The van der Waals surface area contributed by atoms with Crippen LogP contribution in [0.1, 0.15) is 33.6 Å². The minimum Gasteiger partial charge on any atom is -0.493 e. The van der Waals surface area contributed by atoms with Gasteiger partial charge in [-0.05, 0) is 61.4 Å². The SMILES string of the molecule is O=C(c1ccc(OC[C@H]2CCCN(C(=O)c3ccc(Cl)cc3)C2)cc1)N1CCOCC1. The molecule has 0 radical (unpaired) electrons. The number of carbonyl (C=O) groups excluding carboxylic acids is 2. The average molecular weight is 443 g/mol. The second-order valence-corrected chi connectivity index (χ2v) is 8.44. The zero-order chi connectivity index (χ0) is 21.6. The lowest BCUT2D eigenvalue weighted by molar-refractivity contribution is 0.0303. The molecule has 0 aliphatic carbocycles. The third-order valence-electron chi connectivity index (χ3n) is 5.78. The summed E-state index contributed by atoms with van der Waals surface area (Å²) in [4.78, 5) is 29.0. The van der Waals surface area contributed by atoms with Crippen LogP contribution in [0.5, 0.6) is 5.75 Å². The Hall–Kier alpha value is -2.57. The smallest absolute Gasteiger partial charge is 0.254 e. The molecule has 2 aliphatic rings. The van der Waals surface area contributed by atoms with Crippen LogP contribution in [0.2, 0.25) is 5.02 Å². The standard InChI is InChI=1S/C24H27ClN2O4/c25-21-7-3-19(4-8-21)24(29)27-11-1-2-18(16-27)17-31-22-9-5-20(6-10-22)23(28)26-12-14-30-15-13-26/h3-10,18H,1-2,11-17H2/t18-/m0/s1. The Morgan fingerprint density at radius 1 is 0.903 bits per heavy atom. The lowest BCUT2D eigenvalue weighted by atomic mass is 9.98. The molecule has 6 nitrogen and oxygen atoms in total. The van der Waals surface area contributed by atoms with Crippen molar-refractivity contribution < 1.29 is 19.1 Å². The molecule has 2 amide bonds. The zero-order valence-electron chi connectivity index (χ0n) is 17.5. The maximum Gasteiger partial charge on any atom is 0.254 e. The summed E-state index contributed by atoms with van der Waals surface area (Å²) in [7, 11) is 0. The van der Waals surface area contributed by atoms with E-state index in [9.17, 15) is 9.59 Å². The fourth-order valence-corrected chi connectivity index (χ4v) is 4.14. The second-order valence-electron chi connectivity index (χ2n) is 8.01. The van der Waals surface area contributed by atoms with Crippen LogP contribution in [-0.4, -0.2) is 67.6 Å². The summed E-state index contributed by atoms with van der Waals surface area (Å²) < 4.78 is 11.3. The number of rotatable bonds is 5. The number of piperidine rings is 1. The van der Waals surface area contributed by atoms with Crippen LogP contribution in [0, 0.1) is 5.92 Å². The number of nitrogens with zero attached hydrogens (tertiary/aromatic N) is 2. The maximum absolute atomic E-state index is 12.8. The largest absolute Gasteiger partial charge is 0.493 e. The van der Waals surface area contributed by atoms with Crippen LogP contribution >= 0.6 is 11.6 Å². The first kappa shape index (κ1) is 21.7. The van der Waals surface area contributed by atoms with E-state index in [0.29, 0.717) is 55.6 Å². The first-order valence-electron chi connectivity index (χ1n) is 10.7. The van der Waals surface area contributed by atoms with Crippen LogP contribution in [0.3, 0.4) is 0 Å². The molecule has 0 bridgehead atoms. The second kappa shape index (κ2) is 10.2. The zero-order valence-corrected chi connectivity index (χ0v) is 18.2. The maximum atomic E-state index is 12.8. The molecule has 0 unspecified atom stereocenters. The highest BCUT2D eigenvalue weighted by atomic mass is 35.5. The first-order valence-corrected chi connectivity index (χ1v) is 11.1. The monoisotopic (exact) mass is 442 g/mol. The van der Waals surface area contributed by atoms with Crippen LogP contribution in [-0.2, 0) is 4.74 Å². The van der Waals surface area contributed by atoms with Gasteiger partial charge in [-0.3, -0.25) is 9.59 Å². The molecule has 2 heterocycles. The molecule has 0 N–H and O–H groups in total. The van der Waals surface area contributed by atoms with Gasteiger partial charge < -0.3 is 19.3 Å². The van der Waals surface area contributed by atoms with Crippen molar-refractivity contribution in [2.75, 3.05) is 46.0 Å². The Balaban J connectivity index is 1.29. The van der Waals surface area contributed by atoms with Gasteiger partial charge in [0.25, 0.3) is 11.8 Å². The summed E-state index contributed by atoms with van der Waals surface area (Å²) in [5.41, 5.74) is 1.32. The number of halogens is 1. The van der Waals surface area contributed by atoms with E-state index in [1.807, 2.05) is 34.1 Å². The molecule has 0 spiro atoms. The first-order chi connectivity index (χ1) is 15.1. The number of benzene rings is 2. The van der Waals surface area contributed by atoms with Crippen molar-refractivity contribution in [3.05, 3.63) is 64.7 Å². The van der Waals surface area contributed by atoms with E-state index in [1.165, 1.54) is 0 Å². The van der Waals surface area contributed by atoms with E-state index in [-0.39, 0.29) is 17.7 Å². The Kier molecular flexibility index (Phi) is 7.10. The van der Waals surface area contributed by atoms with Gasteiger partial charge in [0.05, 0.1) is 19.8 Å². The molecule has 164 valence electrons. The van der Waals surface area contributed by atoms with Crippen molar-refractivity contribution in [1.82, 2.24) is 9.80 Å². The molecule has 0 aromatic heterocycles. The number of likely N-dealkylation sites (tertiary alicyclic amines) is 1. The average Bonchev–Trinajstić information content (AvgIpc) is 2.83. The number of amides is 2. The summed E-state index contributed by atoms with van der Waals surface area (Å²) in [5, 5.41) is 0.624. The molecule has 1 atom stereocenters. The Bertz CT molecular complexity index is 895. The van der Waals surface area contributed by atoms with Crippen molar-refractivity contribution in [1.29, 1.82) is 0 Å². The summed E-state index contributed by atoms with van der Waals surface area (Å²) in [5.74, 6) is 1.07. The van der Waals surface area contributed by atoms with E-state index in [1.54, 1.807) is 24.3 Å². The highest BCUT2D eigenvalue weighted by Crippen LogP contribution is 2.22. The molecule has 7 heteroatoms. The van der Waals surface area contributed by atoms with E-state index >= 15 is 0 Å². The Morgan fingerprint density at radius 2 is 1.52 bits per heavy atom. The molecule has 2 aliphatic heterocycles. The van der Waals surface area contributed by atoms with Crippen molar-refractivity contribution >= 4 is 23.4 Å². The molecule has 31 heavy (non-hydrogen) atoms. The van der Waals surface area contributed by atoms with Gasteiger partial charge in [0.15, 0.2) is 0 Å². The number of morpholine rings is 1. The topological polar surface area (TPSA) is 59.1 Å². The molecule has 2 saturated heterocycles. The van der Waals surface area contributed by atoms with Crippen molar-refractivity contribution in [3.63, 3.8) is 0 Å². The molecular formula is C24H27ClN2O4. The fraction of sp³-hybridized carbons (Fsp3) is 0.417. The minimum absolute atomic E-state index is 0.0264. The highest BCUT2D eigenvalue weighted by Gasteiger charge is 2.25. The predicted molar refractivity (Wildman–Crippen MR) is 119 cm³/mol. The highest BCUT2D eigenvalue weighted by molar-refractivity contribution is 6.30. The van der Waals surface area contributed by atoms with Crippen LogP contribution < -0.4 is 4.74 Å². The van der Waals surface area contributed by atoms with E-state index in [0.717, 1.165) is 25.1 Å². The van der Waals surface area contributed by atoms with Crippen LogP contribution in [0.15, 0.2) is 48.5 Å². The molecule has 0 saturated carbocycles. The van der Waals surface area contributed by atoms with Crippen molar-refractivity contribution in [2.45, 2.75) is 12.8 Å². The number of ether oxygens (including phenoxy) is 2. The van der Waals surface area contributed by atoms with Gasteiger partial charge in [0.1, 0.15) is 5.75 Å². The van der Waals surface area contributed by atoms with Gasteiger partial charge >= 0.3 is 0 Å². The normalized spacial score (nSPS) is 19.2. The lowest BCUT2D eigenvalue weighted by Crippen LogP contribution is -2.41. The molecule has 4 rings (SSSR count). The predicted octanol–water partition coefficient (Wildman–Crippen LogP) is 3.74.